The number of halogens is 2. The molecular weight excluding hydrogens is 506 g/mol. The van der Waals surface area contributed by atoms with Gasteiger partial charge in [-0.2, -0.15) is 4.98 Å². The first kappa shape index (κ1) is 26.3. The Labute approximate surface area is 224 Å². The molecule has 2 unspecified atom stereocenters. The lowest BCUT2D eigenvalue weighted by molar-refractivity contribution is -0.137. The number of hydrogen-bond acceptors (Lipinski definition) is 6. The van der Waals surface area contributed by atoms with Crippen LogP contribution >= 0.6 is 0 Å². The highest BCUT2D eigenvalue weighted by Crippen LogP contribution is 2.24. The van der Waals surface area contributed by atoms with Gasteiger partial charge in [0.25, 0.3) is 6.01 Å². The number of H-pyrrole nitrogens is 1. The maximum atomic E-state index is 14.2. The lowest BCUT2D eigenvalue weighted by atomic mass is 10.0. The zero-order valence-corrected chi connectivity index (χ0v) is 21.7. The summed E-state index contributed by atoms with van der Waals surface area (Å²) in [5, 5.41) is 5.87. The first-order chi connectivity index (χ1) is 18.8. The summed E-state index contributed by atoms with van der Waals surface area (Å²) in [6, 6.07) is 9.15. The number of carbonyl (C=O) groups is 2. The van der Waals surface area contributed by atoms with Gasteiger partial charge in [-0.05, 0) is 57.4 Å². The molecule has 3 N–H and O–H groups in total. The second kappa shape index (κ2) is 11.2. The molecule has 3 atom stereocenters. The Bertz CT molecular complexity index is 1450. The van der Waals surface area contributed by atoms with Crippen LogP contribution < -0.4 is 10.6 Å². The molecule has 5 rings (SSSR count). The van der Waals surface area contributed by atoms with E-state index in [1.54, 1.807) is 19.1 Å². The first-order valence-corrected chi connectivity index (χ1v) is 13.0. The highest BCUT2D eigenvalue weighted by atomic mass is 19.1. The average Bonchev–Trinajstić information content (AvgIpc) is 3.55. The monoisotopic (exact) mass is 536 g/mol. The molecule has 0 aliphatic carbocycles. The van der Waals surface area contributed by atoms with Gasteiger partial charge < -0.3 is 24.9 Å². The molecule has 204 valence electrons. The van der Waals surface area contributed by atoms with Crippen molar-refractivity contribution in [3.63, 3.8) is 0 Å². The predicted octanol–water partition coefficient (Wildman–Crippen LogP) is 4.95. The Kier molecular flexibility index (Phi) is 7.58. The third-order valence-corrected chi connectivity index (χ3v) is 7.00. The number of hydrogen-bond donors (Lipinski definition) is 3. The smallest absolute Gasteiger partial charge is 0.296 e. The van der Waals surface area contributed by atoms with Crippen LogP contribution in [0.25, 0.3) is 22.4 Å². The summed E-state index contributed by atoms with van der Waals surface area (Å²) in [6.45, 7) is 4.39. The van der Waals surface area contributed by atoms with Crippen molar-refractivity contribution < 1.29 is 22.8 Å². The fourth-order valence-electron chi connectivity index (χ4n) is 4.84. The van der Waals surface area contributed by atoms with Gasteiger partial charge in [-0.1, -0.05) is 12.1 Å². The van der Waals surface area contributed by atoms with Crippen molar-refractivity contribution in [2.45, 2.75) is 57.7 Å². The van der Waals surface area contributed by atoms with E-state index < -0.39 is 29.6 Å². The molecule has 1 saturated heterocycles. The van der Waals surface area contributed by atoms with Gasteiger partial charge in [0.15, 0.2) is 5.58 Å². The van der Waals surface area contributed by atoms with Crippen LogP contribution in [0.5, 0.6) is 0 Å². The Hall–Kier alpha value is -4.28. The Morgan fingerprint density at radius 2 is 2.03 bits per heavy atom. The zero-order valence-electron chi connectivity index (χ0n) is 21.7. The second-order valence-corrected chi connectivity index (χ2v) is 9.86. The number of likely N-dealkylation sites (tertiary alicyclic amines) is 1. The van der Waals surface area contributed by atoms with Gasteiger partial charge in [0.2, 0.25) is 11.8 Å². The van der Waals surface area contributed by atoms with Crippen molar-refractivity contribution in [3.8, 4) is 11.3 Å². The summed E-state index contributed by atoms with van der Waals surface area (Å²) in [6.07, 6.45) is 4.25. The number of oxazole rings is 1. The molecule has 0 saturated carbocycles. The molecule has 4 aromatic rings. The lowest BCUT2D eigenvalue weighted by Crippen LogP contribution is -2.47. The minimum atomic E-state index is -0.967. The van der Waals surface area contributed by atoms with E-state index in [-0.39, 0.29) is 29.9 Å². The van der Waals surface area contributed by atoms with E-state index in [2.05, 4.69) is 25.6 Å². The number of piperidine rings is 1. The third-order valence-electron chi connectivity index (χ3n) is 7.00. The molecule has 0 spiro atoms. The molecule has 0 bridgehead atoms. The molecule has 2 aromatic heterocycles. The number of para-hydroxylation sites is 2. The number of aromatic amines is 1. The third kappa shape index (κ3) is 5.92. The summed E-state index contributed by atoms with van der Waals surface area (Å²) in [5.41, 5.74) is 1.68. The number of anilines is 1. The quantitative estimate of drug-likeness (QED) is 0.294. The van der Waals surface area contributed by atoms with Gasteiger partial charge in [-0.25, -0.2) is 13.8 Å². The van der Waals surface area contributed by atoms with Crippen LogP contribution in [-0.4, -0.2) is 50.3 Å². The number of aromatic nitrogens is 3. The van der Waals surface area contributed by atoms with Crippen LogP contribution in [0.15, 0.2) is 53.1 Å². The van der Waals surface area contributed by atoms with E-state index in [0.717, 1.165) is 31.4 Å². The van der Waals surface area contributed by atoms with Crippen LogP contribution in [0.3, 0.4) is 0 Å². The predicted molar refractivity (Wildman–Crippen MR) is 142 cm³/mol. The van der Waals surface area contributed by atoms with E-state index in [4.69, 9.17) is 4.42 Å². The SMILES string of the molecule is CC(NC(=O)C(CC(=O)N1CCCC[C@@H]1C)Nc1nc2ccccc2o1)c1ncc(-c2ccc(F)cc2F)[nH]1. The largest absolute Gasteiger partial charge is 0.424 e. The fraction of sp³-hybridized carbons (Fsp3) is 0.357. The number of amides is 2. The normalized spacial score (nSPS) is 17.1. The van der Waals surface area contributed by atoms with Crippen molar-refractivity contribution in [1.29, 1.82) is 0 Å². The van der Waals surface area contributed by atoms with Crippen molar-refractivity contribution in [1.82, 2.24) is 25.2 Å². The molecule has 2 amide bonds. The lowest BCUT2D eigenvalue weighted by Gasteiger charge is -2.34. The van der Waals surface area contributed by atoms with Crippen molar-refractivity contribution in [3.05, 3.63) is 66.1 Å². The summed E-state index contributed by atoms with van der Waals surface area (Å²) in [5.74, 6) is -1.62. The maximum absolute atomic E-state index is 14.2. The van der Waals surface area contributed by atoms with Crippen LogP contribution in [0, 0.1) is 11.6 Å². The zero-order chi connectivity index (χ0) is 27.5. The topological polar surface area (TPSA) is 116 Å². The summed E-state index contributed by atoms with van der Waals surface area (Å²) >= 11 is 0. The van der Waals surface area contributed by atoms with Crippen LogP contribution in [-0.2, 0) is 9.59 Å². The molecule has 9 nitrogen and oxygen atoms in total. The number of carbonyl (C=O) groups excluding carboxylic acids is 2. The number of nitrogens with zero attached hydrogens (tertiary/aromatic N) is 3. The van der Waals surface area contributed by atoms with Crippen LogP contribution in [0.2, 0.25) is 0 Å². The Morgan fingerprint density at radius 1 is 1.21 bits per heavy atom. The first-order valence-electron chi connectivity index (χ1n) is 13.0. The number of fused-ring (bicyclic) bond motifs is 1. The fourth-order valence-corrected chi connectivity index (χ4v) is 4.84. The van der Waals surface area contributed by atoms with Gasteiger partial charge >= 0.3 is 0 Å². The molecule has 2 aromatic carbocycles. The number of imidazole rings is 1. The van der Waals surface area contributed by atoms with Gasteiger partial charge in [-0.3, -0.25) is 9.59 Å². The molecule has 0 radical (unpaired) electrons. The van der Waals surface area contributed by atoms with E-state index in [1.165, 1.54) is 12.3 Å². The highest BCUT2D eigenvalue weighted by molar-refractivity contribution is 5.90. The minimum Gasteiger partial charge on any atom is -0.424 e. The maximum Gasteiger partial charge on any atom is 0.296 e. The van der Waals surface area contributed by atoms with Crippen LogP contribution in [0.1, 0.15) is 51.4 Å². The van der Waals surface area contributed by atoms with Crippen molar-refractivity contribution in [2.75, 3.05) is 11.9 Å². The number of nitrogens with one attached hydrogen (secondary N) is 3. The van der Waals surface area contributed by atoms with E-state index in [1.807, 2.05) is 24.0 Å². The van der Waals surface area contributed by atoms with Gasteiger partial charge in [-0.15, -0.1) is 0 Å². The van der Waals surface area contributed by atoms with Crippen molar-refractivity contribution >= 4 is 28.9 Å². The molecule has 3 heterocycles. The molecular formula is C28H30F2N6O3. The summed E-state index contributed by atoms with van der Waals surface area (Å²) < 4.78 is 33.3. The molecule has 1 fully saturated rings. The van der Waals surface area contributed by atoms with E-state index >= 15 is 0 Å². The average molecular weight is 537 g/mol. The number of benzene rings is 2. The van der Waals surface area contributed by atoms with Crippen LogP contribution in [0.4, 0.5) is 14.8 Å². The number of rotatable bonds is 8. The van der Waals surface area contributed by atoms with Gasteiger partial charge in [0.05, 0.1) is 24.4 Å². The standard InChI is InChI=1S/C28H30F2N6O3/c1-16-7-5-6-12-36(16)25(37)14-22(35-28-34-21-8-3-4-9-24(21)39-28)27(38)32-17(2)26-31-15-23(33-26)19-11-10-18(29)13-20(19)30/h3-4,8-11,13,15-17,22H,5-7,12,14H2,1-2H3,(H,31,33)(H,32,38)(H,34,35)/t16-,17?,22?/m0/s1. The van der Waals surface area contributed by atoms with Crippen molar-refractivity contribution in [2.24, 2.45) is 0 Å². The molecule has 39 heavy (non-hydrogen) atoms. The molecule has 1 aliphatic heterocycles. The molecule has 11 heteroatoms. The summed E-state index contributed by atoms with van der Waals surface area (Å²) in [4.78, 5) is 40.2. The molecule has 1 aliphatic rings. The van der Waals surface area contributed by atoms with Gasteiger partial charge in [0, 0.05) is 24.2 Å². The van der Waals surface area contributed by atoms with Gasteiger partial charge in [0.1, 0.15) is 29.0 Å². The van der Waals surface area contributed by atoms with E-state index in [0.29, 0.717) is 29.2 Å². The Morgan fingerprint density at radius 3 is 2.79 bits per heavy atom. The van der Waals surface area contributed by atoms with E-state index in [9.17, 15) is 18.4 Å². The second-order valence-electron chi connectivity index (χ2n) is 9.86. The highest BCUT2D eigenvalue weighted by Gasteiger charge is 2.30. The Balaban J connectivity index is 1.33. The summed E-state index contributed by atoms with van der Waals surface area (Å²) in [7, 11) is 0. The minimum absolute atomic E-state index is 0.0915.